The van der Waals surface area contributed by atoms with E-state index in [-0.39, 0.29) is 17.9 Å². The molecule has 0 spiro atoms. The number of anilines is 2. The normalized spacial score (nSPS) is 27.0. The summed E-state index contributed by atoms with van der Waals surface area (Å²) in [6.07, 6.45) is 8.48. The molecule has 2 saturated carbocycles. The van der Waals surface area contributed by atoms with Crippen LogP contribution in [0.4, 0.5) is 11.4 Å². The number of hydrogen-bond acceptors (Lipinski definition) is 5. The number of carbonyl (C=O) groups excluding carboxylic acids is 1. The second-order valence-corrected chi connectivity index (χ2v) is 12.5. The largest absolute Gasteiger partial charge is 0.496 e. The van der Waals surface area contributed by atoms with Crippen LogP contribution >= 0.6 is 0 Å². The van der Waals surface area contributed by atoms with Crippen LogP contribution in [0.3, 0.4) is 0 Å². The van der Waals surface area contributed by atoms with E-state index in [4.69, 9.17) is 9.47 Å². The van der Waals surface area contributed by atoms with E-state index in [1.54, 1.807) is 14.2 Å². The number of benzene rings is 2. The van der Waals surface area contributed by atoms with Crippen molar-refractivity contribution in [2.24, 2.45) is 17.8 Å². The van der Waals surface area contributed by atoms with Gasteiger partial charge in [-0.1, -0.05) is 18.2 Å². The second-order valence-electron chi connectivity index (χ2n) is 12.5. The van der Waals surface area contributed by atoms with Gasteiger partial charge in [0.25, 0.3) is 0 Å². The summed E-state index contributed by atoms with van der Waals surface area (Å²) in [7, 11) is 3.51. The second kappa shape index (κ2) is 13.4. The summed E-state index contributed by atoms with van der Waals surface area (Å²) in [5.41, 5.74) is 4.83. The Kier molecular flexibility index (Phi) is 9.69. The van der Waals surface area contributed by atoms with Gasteiger partial charge in [-0.25, -0.2) is 0 Å². The van der Waals surface area contributed by atoms with Crippen molar-refractivity contribution < 1.29 is 19.4 Å². The van der Waals surface area contributed by atoms with Crippen LogP contribution in [0.25, 0.3) is 0 Å². The highest BCUT2D eigenvalue weighted by Crippen LogP contribution is 2.39. The molecule has 2 aliphatic carbocycles. The molecule has 5 rings (SSSR count). The molecular formula is C34H48N2O4. The van der Waals surface area contributed by atoms with Gasteiger partial charge in [0.05, 0.1) is 19.8 Å². The Labute approximate surface area is 240 Å². The van der Waals surface area contributed by atoms with Gasteiger partial charge in [0, 0.05) is 50.0 Å². The molecule has 1 heterocycles. The quantitative estimate of drug-likeness (QED) is 0.397. The van der Waals surface area contributed by atoms with Gasteiger partial charge in [-0.2, -0.15) is 0 Å². The number of aryl methyl sites for hydroxylation is 1. The Morgan fingerprint density at radius 1 is 0.950 bits per heavy atom. The van der Waals surface area contributed by atoms with Crippen LogP contribution in [-0.2, 0) is 9.53 Å². The SMILES string of the molecule is COCC1CCN(c2cccc(N(C[C@H]3CC[C@H](c4ccc(OC)c(C)c4)CC3)C(=O)[C@H]3CC[C@H](O)CC3)c2)C1. The van der Waals surface area contributed by atoms with Gasteiger partial charge < -0.3 is 24.4 Å². The molecule has 2 aromatic carbocycles. The van der Waals surface area contributed by atoms with Crippen LogP contribution < -0.4 is 14.5 Å². The smallest absolute Gasteiger partial charge is 0.230 e. The Balaban J connectivity index is 1.29. The number of methoxy groups -OCH3 is 2. The predicted molar refractivity (Wildman–Crippen MR) is 161 cm³/mol. The van der Waals surface area contributed by atoms with Crippen LogP contribution in [0, 0.1) is 24.7 Å². The standard InChI is InChI=1S/C34H48N2O4/c1-24-19-29(13-16-33(24)40-3)27-9-7-25(8-10-27)22-36(34(38)28-11-14-32(37)15-12-28)31-6-4-5-30(20-31)35-18-17-26(21-35)23-39-2/h4-6,13,16,19-20,25-28,32,37H,7-12,14-15,17-18,21-23H2,1-3H3/t25-,26?,27-,28-,32-. The first kappa shape index (κ1) is 28.9. The summed E-state index contributed by atoms with van der Waals surface area (Å²) in [5.74, 6) is 2.83. The number of aliphatic hydroxyl groups excluding tert-OH is 1. The Hall–Kier alpha value is -2.57. The van der Waals surface area contributed by atoms with E-state index in [0.717, 1.165) is 95.5 Å². The fraction of sp³-hybridized carbons (Fsp3) is 0.618. The maximum Gasteiger partial charge on any atom is 0.230 e. The molecule has 6 heteroatoms. The zero-order chi connectivity index (χ0) is 28.1. The van der Waals surface area contributed by atoms with Crippen molar-refractivity contribution in [1.82, 2.24) is 0 Å². The maximum absolute atomic E-state index is 14.0. The summed E-state index contributed by atoms with van der Waals surface area (Å²) in [6.45, 7) is 5.73. The van der Waals surface area contributed by atoms with Crippen molar-refractivity contribution >= 4 is 17.3 Å². The highest BCUT2D eigenvalue weighted by atomic mass is 16.5. The van der Waals surface area contributed by atoms with Gasteiger partial charge in [-0.3, -0.25) is 4.79 Å². The molecule has 1 aliphatic heterocycles. The molecule has 0 aromatic heterocycles. The predicted octanol–water partition coefficient (Wildman–Crippen LogP) is 6.33. The molecule has 3 aliphatic rings. The van der Waals surface area contributed by atoms with Crippen LogP contribution in [0.15, 0.2) is 42.5 Å². The number of aliphatic hydroxyl groups is 1. The first-order valence-corrected chi connectivity index (χ1v) is 15.4. The fourth-order valence-corrected chi connectivity index (χ4v) is 7.25. The van der Waals surface area contributed by atoms with Crippen molar-refractivity contribution in [3.63, 3.8) is 0 Å². The van der Waals surface area contributed by atoms with Crippen LogP contribution in [0.2, 0.25) is 0 Å². The summed E-state index contributed by atoms with van der Waals surface area (Å²) in [4.78, 5) is 18.6. The molecule has 0 radical (unpaired) electrons. The number of ether oxygens (including phenoxy) is 2. The van der Waals surface area contributed by atoms with Crippen molar-refractivity contribution in [2.45, 2.75) is 76.7 Å². The van der Waals surface area contributed by atoms with Gasteiger partial charge in [0.1, 0.15) is 5.75 Å². The van der Waals surface area contributed by atoms with E-state index in [9.17, 15) is 9.90 Å². The third-order valence-electron chi connectivity index (χ3n) is 9.68. The Morgan fingerprint density at radius 2 is 1.73 bits per heavy atom. The Morgan fingerprint density at radius 3 is 2.42 bits per heavy atom. The lowest BCUT2D eigenvalue weighted by Gasteiger charge is -2.36. The van der Waals surface area contributed by atoms with Gasteiger partial charge in [-0.05, 0) is 112 Å². The average molecular weight is 549 g/mol. The van der Waals surface area contributed by atoms with Crippen molar-refractivity contribution in [1.29, 1.82) is 0 Å². The lowest BCUT2D eigenvalue weighted by molar-refractivity contribution is -0.124. The first-order valence-electron chi connectivity index (χ1n) is 15.4. The highest BCUT2D eigenvalue weighted by molar-refractivity contribution is 5.95. The summed E-state index contributed by atoms with van der Waals surface area (Å²) >= 11 is 0. The molecule has 40 heavy (non-hydrogen) atoms. The average Bonchev–Trinajstić information content (AvgIpc) is 3.45. The molecule has 1 N–H and O–H groups in total. The summed E-state index contributed by atoms with van der Waals surface area (Å²) in [5, 5.41) is 10.1. The molecule has 1 amide bonds. The molecule has 0 bridgehead atoms. The van der Waals surface area contributed by atoms with E-state index < -0.39 is 0 Å². The van der Waals surface area contributed by atoms with Crippen molar-refractivity contribution in [2.75, 3.05) is 50.3 Å². The minimum absolute atomic E-state index is 0.00328. The van der Waals surface area contributed by atoms with Crippen LogP contribution in [0.5, 0.6) is 5.75 Å². The number of hydrogen-bond donors (Lipinski definition) is 1. The van der Waals surface area contributed by atoms with Crippen molar-refractivity contribution in [3.05, 3.63) is 53.6 Å². The first-order chi connectivity index (χ1) is 19.4. The van der Waals surface area contributed by atoms with E-state index in [1.807, 2.05) is 0 Å². The van der Waals surface area contributed by atoms with E-state index >= 15 is 0 Å². The maximum atomic E-state index is 14.0. The summed E-state index contributed by atoms with van der Waals surface area (Å²) in [6, 6.07) is 15.3. The third-order valence-corrected chi connectivity index (χ3v) is 9.68. The minimum atomic E-state index is -0.257. The lowest BCUT2D eigenvalue weighted by Crippen LogP contribution is -2.42. The van der Waals surface area contributed by atoms with Gasteiger partial charge in [0.2, 0.25) is 5.91 Å². The minimum Gasteiger partial charge on any atom is -0.496 e. The van der Waals surface area contributed by atoms with Crippen LogP contribution in [-0.4, -0.2) is 57.6 Å². The number of amides is 1. The molecule has 218 valence electrons. The molecule has 1 unspecified atom stereocenters. The lowest BCUT2D eigenvalue weighted by atomic mass is 9.78. The van der Waals surface area contributed by atoms with E-state index in [0.29, 0.717) is 17.8 Å². The molecular weight excluding hydrogens is 500 g/mol. The molecule has 3 fully saturated rings. The highest BCUT2D eigenvalue weighted by Gasteiger charge is 2.33. The van der Waals surface area contributed by atoms with E-state index in [2.05, 4.69) is 59.2 Å². The zero-order valence-electron chi connectivity index (χ0n) is 24.7. The molecule has 1 saturated heterocycles. The number of rotatable bonds is 9. The number of carbonyl (C=O) groups is 1. The molecule has 1 atom stereocenters. The molecule has 6 nitrogen and oxygen atoms in total. The van der Waals surface area contributed by atoms with Crippen molar-refractivity contribution in [3.8, 4) is 5.75 Å². The fourth-order valence-electron chi connectivity index (χ4n) is 7.25. The van der Waals surface area contributed by atoms with Gasteiger partial charge in [-0.15, -0.1) is 0 Å². The zero-order valence-corrected chi connectivity index (χ0v) is 24.7. The van der Waals surface area contributed by atoms with Gasteiger partial charge >= 0.3 is 0 Å². The summed E-state index contributed by atoms with van der Waals surface area (Å²) < 4.78 is 10.9. The Bertz CT molecular complexity index is 1120. The monoisotopic (exact) mass is 548 g/mol. The van der Waals surface area contributed by atoms with E-state index in [1.165, 1.54) is 16.8 Å². The molecule has 2 aromatic rings. The van der Waals surface area contributed by atoms with Gasteiger partial charge in [0.15, 0.2) is 0 Å². The van der Waals surface area contributed by atoms with Crippen LogP contribution in [0.1, 0.15) is 74.8 Å². The topological polar surface area (TPSA) is 62.2 Å². The third kappa shape index (κ3) is 6.83. The number of nitrogens with zero attached hydrogens (tertiary/aromatic N) is 2.